The highest BCUT2D eigenvalue weighted by Crippen LogP contribution is 2.32. The molecule has 0 amide bonds. The first-order chi connectivity index (χ1) is 9.72. The van der Waals surface area contributed by atoms with Crippen LogP contribution in [0.4, 0.5) is 4.39 Å². The van der Waals surface area contributed by atoms with Crippen LogP contribution in [0.1, 0.15) is 23.7 Å². The van der Waals surface area contributed by atoms with Gasteiger partial charge in [0.25, 0.3) is 0 Å². The maximum Gasteiger partial charge on any atom is 0.131 e. The Morgan fingerprint density at radius 3 is 3.00 bits per heavy atom. The van der Waals surface area contributed by atoms with Crippen LogP contribution in [0.5, 0.6) is 0 Å². The molecule has 3 aromatic rings. The van der Waals surface area contributed by atoms with Crippen LogP contribution in [0.3, 0.4) is 0 Å². The Kier molecular flexibility index (Phi) is 3.54. The van der Waals surface area contributed by atoms with Crippen LogP contribution in [-0.4, -0.2) is 16.6 Å². The number of benzene rings is 1. The molecular formula is C15H16FN3S. The van der Waals surface area contributed by atoms with Crippen molar-refractivity contribution in [1.29, 1.82) is 0 Å². The highest BCUT2D eigenvalue weighted by Gasteiger charge is 2.19. The standard InChI is InChI=1S/C15H16FN3S/c1-3-19-7-6-18-15(19)14(17-2)13-8-10-4-5-11(16)9-12(10)20-13/h4-9,14,17H,3H2,1-2H3. The number of nitrogens with one attached hydrogen (secondary N) is 1. The Balaban J connectivity index is 2.07. The molecule has 1 aromatic carbocycles. The summed E-state index contributed by atoms with van der Waals surface area (Å²) in [5.41, 5.74) is 0. The topological polar surface area (TPSA) is 29.9 Å². The maximum absolute atomic E-state index is 13.3. The van der Waals surface area contributed by atoms with E-state index in [1.807, 2.05) is 25.5 Å². The molecule has 0 bridgehead atoms. The first-order valence-electron chi connectivity index (χ1n) is 6.60. The normalized spacial score (nSPS) is 12.9. The molecule has 5 heteroatoms. The van der Waals surface area contributed by atoms with Crippen molar-refractivity contribution in [3.63, 3.8) is 0 Å². The summed E-state index contributed by atoms with van der Waals surface area (Å²) in [4.78, 5) is 5.60. The van der Waals surface area contributed by atoms with Crippen molar-refractivity contribution in [3.05, 3.63) is 53.2 Å². The van der Waals surface area contributed by atoms with Crippen LogP contribution in [0.25, 0.3) is 10.1 Å². The summed E-state index contributed by atoms with van der Waals surface area (Å²) in [6.07, 6.45) is 3.79. The maximum atomic E-state index is 13.3. The third-order valence-electron chi connectivity index (χ3n) is 3.42. The lowest BCUT2D eigenvalue weighted by molar-refractivity contribution is 0.597. The third-order valence-corrected chi connectivity index (χ3v) is 4.58. The van der Waals surface area contributed by atoms with Gasteiger partial charge in [-0.1, -0.05) is 6.07 Å². The Morgan fingerprint density at radius 2 is 2.25 bits per heavy atom. The lowest BCUT2D eigenvalue weighted by atomic mass is 10.2. The molecule has 3 rings (SSSR count). The zero-order chi connectivity index (χ0) is 14.1. The average Bonchev–Trinajstić information content (AvgIpc) is 3.05. The molecule has 2 aromatic heterocycles. The van der Waals surface area contributed by atoms with Crippen molar-refractivity contribution in [2.45, 2.75) is 19.5 Å². The molecule has 0 radical (unpaired) electrons. The Labute approximate surface area is 121 Å². The molecule has 1 N–H and O–H groups in total. The fourth-order valence-electron chi connectivity index (χ4n) is 2.41. The van der Waals surface area contributed by atoms with E-state index >= 15 is 0 Å². The minimum absolute atomic E-state index is 0.0328. The molecule has 1 atom stereocenters. The highest BCUT2D eigenvalue weighted by atomic mass is 32.1. The number of aryl methyl sites for hydroxylation is 1. The molecule has 2 heterocycles. The number of rotatable bonds is 4. The van der Waals surface area contributed by atoms with Gasteiger partial charge in [0, 0.05) is 28.5 Å². The number of hydrogen-bond acceptors (Lipinski definition) is 3. The van der Waals surface area contributed by atoms with Gasteiger partial charge in [-0.05, 0) is 37.6 Å². The van der Waals surface area contributed by atoms with E-state index in [4.69, 9.17) is 0 Å². The van der Waals surface area contributed by atoms with E-state index in [-0.39, 0.29) is 11.9 Å². The third kappa shape index (κ3) is 2.23. The van der Waals surface area contributed by atoms with Gasteiger partial charge in [0.2, 0.25) is 0 Å². The quantitative estimate of drug-likeness (QED) is 0.796. The number of hydrogen-bond donors (Lipinski definition) is 1. The zero-order valence-corrected chi connectivity index (χ0v) is 12.2. The Hall–Kier alpha value is -1.72. The summed E-state index contributed by atoms with van der Waals surface area (Å²) in [6, 6.07) is 7.05. The number of fused-ring (bicyclic) bond motifs is 1. The molecular weight excluding hydrogens is 273 g/mol. The summed E-state index contributed by atoms with van der Waals surface area (Å²) in [6.45, 7) is 2.98. The average molecular weight is 289 g/mol. The Bertz CT molecular complexity index is 732. The van der Waals surface area contributed by atoms with Crippen LogP contribution >= 0.6 is 11.3 Å². The van der Waals surface area contributed by atoms with E-state index in [2.05, 4.69) is 27.9 Å². The predicted molar refractivity (Wildman–Crippen MR) is 80.6 cm³/mol. The number of aromatic nitrogens is 2. The van der Waals surface area contributed by atoms with Crippen LogP contribution < -0.4 is 5.32 Å². The fourth-order valence-corrected chi connectivity index (χ4v) is 3.61. The number of halogens is 1. The fraction of sp³-hybridized carbons (Fsp3) is 0.267. The van der Waals surface area contributed by atoms with Crippen molar-refractivity contribution in [2.24, 2.45) is 0 Å². The van der Waals surface area contributed by atoms with Gasteiger partial charge < -0.3 is 9.88 Å². The lowest BCUT2D eigenvalue weighted by Gasteiger charge is -2.15. The van der Waals surface area contributed by atoms with Crippen LogP contribution in [0.15, 0.2) is 36.7 Å². The van der Waals surface area contributed by atoms with Gasteiger partial charge in [-0.25, -0.2) is 9.37 Å². The summed E-state index contributed by atoms with van der Waals surface area (Å²) in [5.74, 6) is 0.795. The van der Waals surface area contributed by atoms with Crippen molar-refractivity contribution >= 4 is 21.4 Å². The van der Waals surface area contributed by atoms with Gasteiger partial charge in [-0.3, -0.25) is 0 Å². The van der Waals surface area contributed by atoms with Crippen molar-refractivity contribution in [1.82, 2.24) is 14.9 Å². The largest absolute Gasteiger partial charge is 0.334 e. The molecule has 0 saturated heterocycles. The van der Waals surface area contributed by atoms with Crippen LogP contribution in [0, 0.1) is 5.82 Å². The van der Waals surface area contributed by atoms with Crippen molar-refractivity contribution in [2.75, 3.05) is 7.05 Å². The number of thiophene rings is 1. The smallest absolute Gasteiger partial charge is 0.131 e. The van der Waals surface area contributed by atoms with Gasteiger partial charge in [0.1, 0.15) is 17.7 Å². The molecule has 0 fully saturated rings. The van der Waals surface area contributed by atoms with Gasteiger partial charge in [-0.15, -0.1) is 11.3 Å². The first-order valence-corrected chi connectivity index (χ1v) is 7.42. The molecule has 20 heavy (non-hydrogen) atoms. The molecule has 1 unspecified atom stereocenters. The van der Waals surface area contributed by atoms with Gasteiger partial charge in [0.15, 0.2) is 0 Å². The van der Waals surface area contributed by atoms with Crippen LogP contribution in [0.2, 0.25) is 0 Å². The van der Waals surface area contributed by atoms with E-state index in [9.17, 15) is 4.39 Å². The monoisotopic (exact) mass is 289 g/mol. The second-order valence-corrected chi connectivity index (χ2v) is 5.74. The van der Waals surface area contributed by atoms with Gasteiger partial charge in [-0.2, -0.15) is 0 Å². The van der Waals surface area contributed by atoms with E-state index in [0.717, 1.165) is 27.3 Å². The molecule has 0 spiro atoms. The molecule has 0 aliphatic heterocycles. The number of nitrogens with zero attached hydrogens (tertiary/aromatic N) is 2. The summed E-state index contributed by atoms with van der Waals surface area (Å²) >= 11 is 1.61. The van der Waals surface area contributed by atoms with Crippen molar-refractivity contribution < 1.29 is 4.39 Å². The second-order valence-electron chi connectivity index (χ2n) is 4.62. The van der Waals surface area contributed by atoms with Gasteiger partial charge >= 0.3 is 0 Å². The van der Waals surface area contributed by atoms with Crippen molar-refractivity contribution in [3.8, 4) is 0 Å². The SMILES string of the molecule is CCn1ccnc1C(NC)c1cc2ccc(F)cc2s1. The minimum atomic E-state index is -0.193. The Morgan fingerprint density at radius 1 is 1.40 bits per heavy atom. The van der Waals surface area contributed by atoms with E-state index in [1.165, 1.54) is 6.07 Å². The first kappa shape index (κ1) is 13.3. The summed E-state index contributed by atoms with van der Waals surface area (Å²) < 4.78 is 16.4. The predicted octanol–water partition coefficient (Wildman–Crippen LogP) is 3.57. The van der Waals surface area contributed by atoms with Gasteiger partial charge in [0.05, 0.1) is 0 Å². The molecule has 0 saturated carbocycles. The highest BCUT2D eigenvalue weighted by molar-refractivity contribution is 7.19. The summed E-state index contributed by atoms with van der Waals surface area (Å²) in [5, 5.41) is 4.37. The van der Waals surface area contributed by atoms with E-state index < -0.39 is 0 Å². The van der Waals surface area contributed by atoms with E-state index in [0.29, 0.717) is 0 Å². The molecule has 0 aliphatic carbocycles. The number of imidazole rings is 1. The minimum Gasteiger partial charge on any atom is -0.334 e. The lowest BCUT2D eigenvalue weighted by Crippen LogP contribution is -2.20. The molecule has 0 aliphatic rings. The second kappa shape index (κ2) is 5.34. The molecule has 104 valence electrons. The summed E-state index contributed by atoms with van der Waals surface area (Å²) in [7, 11) is 1.92. The molecule has 3 nitrogen and oxygen atoms in total. The van der Waals surface area contributed by atoms with E-state index in [1.54, 1.807) is 17.4 Å². The zero-order valence-electron chi connectivity index (χ0n) is 11.4. The van der Waals surface area contributed by atoms with Crippen LogP contribution in [-0.2, 0) is 6.54 Å².